The molecule has 0 N–H and O–H groups in total. The highest BCUT2D eigenvalue weighted by molar-refractivity contribution is 6.92. The van der Waals surface area contributed by atoms with Gasteiger partial charge in [0.05, 0.1) is 8.07 Å². The van der Waals surface area contributed by atoms with E-state index in [4.69, 9.17) is 0 Å². The van der Waals surface area contributed by atoms with Crippen LogP contribution in [0.2, 0.25) is 95.2 Å². The molecule has 0 radical (unpaired) electrons. The SMILES string of the molecule is C[Si](C)(C)CCC[Si](CCC[Si](C)(C)C)(CCC[Si](C)(C)C)c1ccccc1. The number of hydrogen-bond donors (Lipinski definition) is 0. The zero-order chi connectivity index (χ0) is 21.5. The molecule has 0 amide bonds. The molecule has 0 aromatic heterocycles. The van der Waals surface area contributed by atoms with E-state index in [1.165, 1.54) is 37.4 Å². The Morgan fingerprint density at radius 3 is 1.07 bits per heavy atom. The van der Waals surface area contributed by atoms with Crippen LogP contribution in [0.5, 0.6) is 0 Å². The summed E-state index contributed by atoms with van der Waals surface area (Å²) in [6, 6.07) is 21.0. The molecule has 0 fully saturated rings. The maximum absolute atomic E-state index is 2.55. The fourth-order valence-electron chi connectivity index (χ4n) is 4.47. The summed E-state index contributed by atoms with van der Waals surface area (Å²) >= 11 is 0. The van der Waals surface area contributed by atoms with Gasteiger partial charge < -0.3 is 0 Å². The maximum atomic E-state index is 2.55. The van der Waals surface area contributed by atoms with Crippen LogP contribution in [0.1, 0.15) is 19.3 Å². The predicted molar refractivity (Wildman–Crippen MR) is 145 cm³/mol. The zero-order valence-corrected chi connectivity index (χ0v) is 24.8. The quantitative estimate of drug-likeness (QED) is 0.264. The molecule has 0 nitrogen and oxygen atoms in total. The first-order chi connectivity index (χ1) is 12.7. The van der Waals surface area contributed by atoms with Crippen molar-refractivity contribution in [3.05, 3.63) is 30.3 Å². The van der Waals surface area contributed by atoms with E-state index in [0.29, 0.717) is 0 Å². The molecule has 0 saturated carbocycles. The van der Waals surface area contributed by atoms with Crippen LogP contribution in [-0.4, -0.2) is 32.3 Å². The topological polar surface area (TPSA) is 0 Å². The van der Waals surface area contributed by atoms with Crippen molar-refractivity contribution in [3.8, 4) is 0 Å². The van der Waals surface area contributed by atoms with Crippen LogP contribution in [0.4, 0.5) is 0 Å². The lowest BCUT2D eigenvalue weighted by molar-refractivity contribution is 0.915. The van der Waals surface area contributed by atoms with Gasteiger partial charge in [-0.05, 0) is 0 Å². The van der Waals surface area contributed by atoms with Gasteiger partial charge in [0.25, 0.3) is 0 Å². The maximum Gasteiger partial charge on any atom is 0.0866 e. The minimum atomic E-state index is -1.40. The van der Waals surface area contributed by atoms with Crippen LogP contribution >= 0.6 is 0 Å². The predicted octanol–water partition coefficient (Wildman–Crippen LogP) is 8.53. The Balaban J connectivity index is 3.04. The Bertz CT molecular complexity index is 496. The summed E-state index contributed by atoms with van der Waals surface area (Å²) in [6.07, 6.45) is 4.45. The van der Waals surface area contributed by atoms with Gasteiger partial charge in [0.1, 0.15) is 0 Å². The smallest absolute Gasteiger partial charge is 0.0695 e. The second-order valence-electron chi connectivity index (χ2n) is 12.9. The summed E-state index contributed by atoms with van der Waals surface area (Å²) in [5.41, 5.74) is 0. The van der Waals surface area contributed by atoms with Crippen molar-refractivity contribution in [1.29, 1.82) is 0 Å². The van der Waals surface area contributed by atoms with Gasteiger partial charge in [-0.2, -0.15) is 0 Å². The molecule has 0 spiro atoms. The van der Waals surface area contributed by atoms with Crippen LogP contribution in [0, 0.1) is 0 Å². The van der Waals surface area contributed by atoms with Gasteiger partial charge in [0.2, 0.25) is 0 Å². The van der Waals surface area contributed by atoms with Crippen LogP contribution in [0.15, 0.2) is 30.3 Å². The minimum absolute atomic E-state index is 0.944. The van der Waals surface area contributed by atoms with Crippen molar-refractivity contribution in [2.45, 2.75) is 114 Å². The minimum Gasteiger partial charge on any atom is -0.0695 e. The van der Waals surface area contributed by atoms with E-state index in [2.05, 4.69) is 89.3 Å². The Labute approximate surface area is 182 Å². The van der Waals surface area contributed by atoms with Crippen molar-refractivity contribution in [3.63, 3.8) is 0 Å². The van der Waals surface area contributed by atoms with Gasteiger partial charge >= 0.3 is 0 Å². The van der Waals surface area contributed by atoms with Crippen LogP contribution < -0.4 is 5.19 Å². The first-order valence-corrected chi connectivity index (χ1v) is 25.5. The fraction of sp³-hybridized carbons (Fsp3) is 0.750. The van der Waals surface area contributed by atoms with Crippen LogP contribution in [-0.2, 0) is 0 Å². The fourth-order valence-corrected chi connectivity index (χ4v) is 14.3. The van der Waals surface area contributed by atoms with Gasteiger partial charge in [-0.1, -0.05) is 150 Å². The lowest BCUT2D eigenvalue weighted by atomic mass is 10.4. The molecule has 1 aromatic carbocycles. The Hall–Kier alpha value is 0.0875. The van der Waals surface area contributed by atoms with E-state index in [-0.39, 0.29) is 0 Å². The number of benzene rings is 1. The summed E-state index contributed by atoms with van der Waals surface area (Å²) in [5.74, 6) is 0. The van der Waals surface area contributed by atoms with E-state index >= 15 is 0 Å². The van der Waals surface area contributed by atoms with Gasteiger partial charge in [0.15, 0.2) is 0 Å². The molecule has 0 unspecified atom stereocenters. The third kappa shape index (κ3) is 11.3. The third-order valence-electron chi connectivity index (χ3n) is 6.13. The second-order valence-corrected chi connectivity index (χ2v) is 34.4. The average molecular weight is 451 g/mol. The zero-order valence-electron chi connectivity index (χ0n) is 20.8. The molecule has 0 atom stereocenters. The average Bonchev–Trinajstić information content (AvgIpc) is 2.51. The molecule has 28 heavy (non-hydrogen) atoms. The normalized spacial score (nSPS) is 13.8. The Kier molecular flexibility index (Phi) is 10.2. The van der Waals surface area contributed by atoms with E-state index in [0.717, 1.165) is 0 Å². The van der Waals surface area contributed by atoms with Crippen LogP contribution in [0.3, 0.4) is 0 Å². The summed E-state index contributed by atoms with van der Waals surface area (Å²) in [6.45, 7) is 23.0. The van der Waals surface area contributed by atoms with Crippen LogP contribution in [0.25, 0.3) is 0 Å². The highest BCUT2D eigenvalue weighted by Crippen LogP contribution is 2.32. The Morgan fingerprint density at radius 2 is 0.786 bits per heavy atom. The monoisotopic (exact) mass is 450 g/mol. The van der Waals surface area contributed by atoms with E-state index < -0.39 is 32.3 Å². The number of rotatable bonds is 13. The highest BCUT2D eigenvalue weighted by atomic mass is 28.3. The first kappa shape index (κ1) is 26.1. The molecule has 0 saturated heterocycles. The van der Waals surface area contributed by atoms with Crippen molar-refractivity contribution < 1.29 is 0 Å². The van der Waals surface area contributed by atoms with Gasteiger partial charge in [-0.25, -0.2) is 0 Å². The van der Waals surface area contributed by atoms with Crippen molar-refractivity contribution in [2.24, 2.45) is 0 Å². The van der Waals surface area contributed by atoms with Gasteiger partial charge in [0, 0.05) is 24.2 Å². The summed E-state index contributed by atoms with van der Waals surface area (Å²) in [7, 11) is -4.24. The summed E-state index contributed by atoms with van der Waals surface area (Å²) < 4.78 is 0. The highest BCUT2D eigenvalue weighted by Gasteiger charge is 2.35. The van der Waals surface area contributed by atoms with Crippen molar-refractivity contribution in [1.82, 2.24) is 0 Å². The molecular formula is C24H50Si4. The van der Waals surface area contributed by atoms with Gasteiger partial charge in [-0.15, -0.1) is 0 Å². The molecule has 0 aliphatic carbocycles. The molecule has 0 bridgehead atoms. The lowest BCUT2D eigenvalue weighted by Crippen LogP contribution is -2.48. The van der Waals surface area contributed by atoms with Crippen molar-refractivity contribution >= 4 is 37.5 Å². The lowest BCUT2D eigenvalue weighted by Gasteiger charge is -2.35. The molecule has 0 heterocycles. The molecule has 162 valence electrons. The second kappa shape index (κ2) is 10.9. The first-order valence-electron chi connectivity index (χ1n) is 11.8. The molecule has 0 aliphatic heterocycles. The summed E-state index contributed by atoms with van der Waals surface area (Å²) in [4.78, 5) is 0. The molecule has 4 heteroatoms. The third-order valence-corrected chi connectivity index (χ3v) is 17.2. The number of hydrogen-bond acceptors (Lipinski definition) is 0. The van der Waals surface area contributed by atoms with Crippen molar-refractivity contribution in [2.75, 3.05) is 0 Å². The Morgan fingerprint density at radius 1 is 0.464 bits per heavy atom. The van der Waals surface area contributed by atoms with E-state index in [1.807, 2.05) is 0 Å². The van der Waals surface area contributed by atoms with E-state index in [1.54, 1.807) is 23.3 Å². The van der Waals surface area contributed by atoms with E-state index in [9.17, 15) is 0 Å². The summed E-state index contributed by atoms with van der Waals surface area (Å²) in [5, 5.41) is 1.77. The molecule has 1 rings (SSSR count). The molecule has 0 aliphatic rings. The van der Waals surface area contributed by atoms with Gasteiger partial charge in [-0.3, -0.25) is 0 Å². The molecule has 1 aromatic rings. The largest absolute Gasteiger partial charge is 0.0866 e. The molecular weight excluding hydrogens is 401 g/mol. The standard InChI is InChI=1S/C24H50Si4/c1-25(2,3)18-13-21-28(22-14-19-26(4,5)6,23-15-20-27(7,8)9)24-16-11-10-12-17-24/h10-12,16-17H,13-15,18-23H2,1-9H3.